The number of aromatic amines is 1. The molecule has 1 aromatic heterocycles. The second-order valence-electron chi connectivity index (χ2n) is 4.54. The molecule has 1 amide bonds. The smallest absolute Gasteiger partial charge is 0.273 e. The molecule has 5 nitrogen and oxygen atoms in total. The number of hydrogen-bond acceptors (Lipinski definition) is 3. The minimum Gasteiger partial charge on any atom is -0.348 e. The van der Waals surface area contributed by atoms with Gasteiger partial charge < -0.3 is 5.32 Å². The van der Waals surface area contributed by atoms with Crippen LogP contribution in [0.4, 0.5) is 0 Å². The van der Waals surface area contributed by atoms with E-state index in [1.807, 2.05) is 6.07 Å². The molecule has 2 aromatic rings. The predicted octanol–water partition coefficient (Wildman–Crippen LogP) is 1.09. The van der Waals surface area contributed by atoms with E-state index >= 15 is 0 Å². The van der Waals surface area contributed by atoms with E-state index in [-0.39, 0.29) is 11.9 Å². The van der Waals surface area contributed by atoms with Gasteiger partial charge in [-0.15, -0.1) is 0 Å². The average molecular weight is 242 g/mol. The van der Waals surface area contributed by atoms with E-state index in [0.29, 0.717) is 5.69 Å². The monoisotopic (exact) mass is 242 g/mol. The number of nitrogens with zero attached hydrogens (tertiary/aromatic N) is 2. The van der Waals surface area contributed by atoms with Crippen LogP contribution in [-0.2, 0) is 12.8 Å². The standard InChI is InChI=1S/C13H14N4O/c18-13(12-8-14-17-16-12)15-11-6-5-9-3-1-2-4-10(9)7-11/h1-4,8,11H,5-7H2,(H,15,18)(H,14,16,17). The van der Waals surface area contributed by atoms with Crippen molar-refractivity contribution in [3.8, 4) is 0 Å². The fourth-order valence-corrected chi connectivity index (χ4v) is 2.39. The predicted molar refractivity (Wildman–Crippen MR) is 66.1 cm³/mol. The summed E-state index contributed by atoms with van der Waals surface area (Å²) in [4.78, 5) is 11.9. The maximum absolute atomic E-state index is 11.9. The van der Waals surface area contributed by atoms with Crippen molar-refractivity contribution in [3.63, 3.8) is 0 Å². The summed E-state index contributed by atoms with van der Waals surface area (Å²) in [7, 11) is 0. The fourth-order valence-electron chi connectivity index (χ4n) is 2.39. The summed E-state index contributed by atoms with van der Waals surface area (Å²) in [5.74, 6) is -0.159. The van der Waals surface area contributed by atoms with E-state index < -0.39 is 0 Å². The molecule has 1 aromatic carbocycles. The van der Waals surface area contributed by atoms with E-state index in [4.69, 9.17) is 0 Å². The Hall–Kier alpha value is -2.17. The molecule has 1 unspecified atom stereocenters. The molecule has 0 saturated heterocycles. The first-order valence-corrected chi connectivity index (χ1v) is 6.06. The van der Waals surface area contributed by atoms with Gasteiger partial charge in [0.25, 0.3) is 5.91 Å². The molecule has 0 spiro atoms. The number of aromatic nitrogens is 3. The molecule has 0 saturated carbocycles. The average Bonchev–Trinajstić information content (AvgIpc) is 2.92. The minimum absolute atomic E-state index is 0.159. The summed E-state index contributed by atoms with van der Waals surface area (Å²) in [6.07, 6.45) is 4.31. The lowest BCUT2D eigenvalue weighted by Crippen LogP contribution is -2.39. The first-order valence-electron chi connectivity index (χ1n) is 6.06. The number of carbonyl (C=O) groups excluding carboxylic acids is 1. The highest BCUT2D eigenvalue weighted by atomic mass is 16.2. The van der Waals surface area contributed by atoms with Gasteiger partial charge in [-0.25, -0.2) is 0 Å². The quantitative estimate of drug-likeness (QED) is 0.828. The number of nitrogens with one attached hydrogen (secondary N) is 2. The Morgan fingerprint density at radius 1 is 1.33 bits per heavy atom. The third-order valence-corrected chi connectivity index (χ3v) is 3.33. The highest BCUT2D eigenvalue weighted by Crippen LogP contribution is 2.21. The van der Waals surface area contributed by atoms with E-state index in [1.54, 1.807) is 0 Å². The third-order valence-electron chi connectivity index (χ3n) is 3.33. The number of benzene rings is 1. The van der Waals surface area contributed by atoms with Crippen molar-refractivity contribution < 1.29 is 4.79 Å². The minimum atomic E-state index is -0.159. The Balaban J connectivity index is 1.68. The van der Waals surface area contributed by atoms with Gasteiger partial charge in [-0.1, -0.05) is 24.3 Å². The van der Waals surface area contributed by atoms with Crippen molar-refractivity contribution in [3.05, 3.63) is 47.3 Å². The molecule has 92 valence electrons. The summed E-state index contributed by atoms with van der Waals surface area (Å²) in [5, 5.41) is 12.9. The number of fused-ring (bicyclic) bond motifs is 1. The molecule has 0 fully saturated rings. The molecule has 3 rings (SSSR count). The van der Waals surface area contributed by atoms with Crippen molar-refractivity contribution in [2.75, 3.05) is 0 Å². The summed E-state index contributed by atoms with van der Waals surface area (Å²) in [5.41, 5.74) is 3.06. The van der Waals surface area contributed by atoms with Crippen molar-refractivity contribution in [2.45, 2.75) is 25.3 Å². The number of hydrogen-bond donors (Lipinski definition) is 2. The van der Waals surface area contributed by atoms with Crippen LogP contribution in [0.3, 0.4) is 0 Å². The molecule has 0 radical (unpaired) electrons. The molecular weight excluding hydrogens is 228 g/mol. The maximum atomic E-state index is 11.9. The molecule has 1 aliphatic carbocycles. The zero-order valence-electron chi connectivity index (χ0n) is 9.89. The Morgan fingerprint density at radius 3 is 2.94 bits per heavy atom. The van der Waals surface area contributed by atoms with Crippen LogP contribution < -0.4 is 5.32 Å². The highest BCUT2D eigenvalue weighted by molar-refractivity contribution is 5.92. The van der Waals surface area contributed by atoms with Gasteiger partial charge in [0, 0.05) is 6.04 Å². The molecule has 5 heteroatoms. The zero-order valence-corrected chi connectivity index (χ0v) is 9.89. The van der Waals surface area contributed by atoms with Crippen LogP contribution in [0.5, 0.6) is 0 Å². The third kappa shape index (κ3) is 2.11. The van der Waals surface area contributed by atoms with E-state index in [9.17, 15) is 4.79 Å². The van der Waals surface area contributed by atoms with Crippen molar-refractivity contribution >= 4 is 5.91 Å². The molecule has 1 heterocycles. The number of carbonyl (C=O) groups is 1. The lowest BCUT2D eigenvalue weighted by atomic mass is 9.88. The normalized spacial score (nSPS) is 18.1. The van der Waals surface area contributed by atoms with Crippen molar-refractivity contribution in [1.29, 1.82) is 0 Å². The lowest BCUT2D eigenvalue weighted by Gasteiger charge is -2.25. The Morgan fingerprint density at radius 2 is 2.17 bits per heavy atom. The van der Waals surface area contributed by atoms with Crippen LogP contribution in [0, 0.1) is 0 Å². The van der Waals surface area contributed by atoms with Gasteiger partial charge in [0.1, 0.15) is 0 Å². The topological polar surface area (TPSA) is 70.7 Å². The molecule has 1 atom stereocenters. The van der Waals surface area contributed by atoms with Crippen LogP contribution in [0.15, 0.2) is 30.5 Å². The summed E-state index contributed by atoms with van der Waals surface area (Å²) >= 11 is 0. The van der Waals surface area contributed by atoms with Crippen molar-refractivity contribution in [1.82, 2.24) is 20.7 Å². The molecule has 0 aliphatic heterocycles. The molecular formula is C13H14N4O. The molecule has 2 N–H and O–H groups in total. The van der Waals surface area contributed by atoms with Gasteiger partial charge in [-0.2, -0.15) is 15.4 Å². The first kappa shape index (κ1) is 11.0. The van der Waals surface area contributed by atoms with Gasteiger partial charge in [-0.3, -0.25) is 4.79 Å². The second kappa shape index (κ2) is 4.60. The van der Waals surface area contributed by atoms with Crippen molar-refractivity contribution in [2.24, 2.45) is 0 Å². The summed E-state index contributed by atoms with van der Waals surface area (Å²) in [6.45, 7) is 0. The highest BCUT2D eigenvalue weighted by Gasteiger charge is 2.21. The second-order valence-corrected chi connectivity index (χ2v) is 4.54. The maximum Gasteiger partial charge on any atom is 0.273 e. The Labute approximate surface area is 105 Å². The first-order chi connectivity index (χ1) is 8.83. The van der Waals surface area contributed by atoms with Gasteiger partial charge in [0.15, 0.2) is 5.69 Å². The van der Waals surface area contributed by atoms with Crippen LogP contribution in [0.2, 0.25) is 0 Å². The SMILES string of the molecule is O=C(NC1CCc2ccccc2C1)c1cn[nH]n1. The Kier molecular flexibility index (Phi) is 2.80. The molecule has 0 bridgehead atoms. The summed E-state index contributed by atoms with van der Waals surface area (Å²) < 4.78 is 0. The number of rotatable bonds is 2. The number of aryl methyl sites for hydroxylation is 1. The largest absolute Gasteiger partial charge is 0.348 e. The van der Waals surface area contributed by atoms with Crippen LogP contribution in [0.25, 0.3) is 0 Å². The van der Waals surface area contributed by atoms with Crippen LogP contribution in [-0.4, -0.2) is 27.4 Å². The summed E-state index contributed by atoms with van der Waals surface area (Å²) in [6, 6.07) is 8.58. The zero-order chi connectivity index (χ0) is 12.4. The van der Waals surface area contributed by atoms with E-state index in [0.717, 1.165) is 19.3 Å². The van der Waals surface area contributed by atoms with Gasteiger partial charge in [0.2, 0.25) is 0 Å². The van der Waals surface area contributed by atoms with Crippen LogP contribution in [0.1, 0.15) is 28.0 Å². The fraction of sp³-hybridized carbons (Fsp3) is 0.308. The van der Waals surface area contributed by atoms with Gasteiger partial charge >= 0.3 is 0 Å². The van der Waals surface area contributed by atoms with Crippen LogP contribution >= 0.6 is 0 Å². The molecule has 1 aliphatic rings. The molecule has 18 heavy (non-hydrogen) atoms. The lowest BCUT2D eigenvalue weighted by molar-refractivity contribution is 0.0928. The van der Waals surface area contributed by atoms with Gasteiger partial charge in [-0.05, 0) is 30.4 Å². The van der Waals surface area contributed by atoms with E-state index in [1.165, 1.54) is 17.3 Å². The number of H-pyrrole nitrogens is 1. The van der Waals surface area contributed by atoms with E-state index in [2.05, 4.69) is 38.9 Å². The van der Waals surface area contributed by atoms with Gasteiger partial charge in [0.05, 0.1) is 6.20 Å². The Bertz CT molecular complexity index is 550. The number of amides is 1.